The number of pyridine rings is 1. The van der Waals surface area contributed by atoms with Gasteiger partial charge in [-0.05, 0) is 50.2 Å². The number of rotatable bonds is 9. The molecule has 0 aliphatic rings. The fourth-order valence-electron chi connectivity index (χ4n) is 3.68. The monoisotopic (exact) mass is 571 g/mol. The number of hydrogen-bond acceptors (Lipinski definition) is 7. The summed E-state index contributed by atoms with van der Waals surface area (Å²) < 4.78 is 14.0. The first-order valence-corrected chi connectivity index (χ1v) is 13.5. The molecule has 4 aromatic rings. The van der Waals surface area contributed by atoms with E-state index in [1.54, 1.807) is 32.1 Å². The number of fused-ring (bicyclic) bond motifs is 3. The number of ether oxygens (including phenoxy) is 2. The van der Waals surface area contributed by atoms with Crippen LogP contribution in [0.15, 0.2) is 69.5 Å². The second-order valence-electron chi connectivity index (χ2n) is 7.30. The summed E-state index contributed by atoms with van der Waals surface area (Å²) in [5, 5.41) is 0.587. The van der Waals surface area contributed by atoms with Crippen molar-refractivity contribution in [2.45, 2.75) is 18.1 Å². The van der Waals surface area contributed by atoms with Crippen LogP contribution in [0.2, 0.25) is 0 Å². The van der Waals surface area contributed by atoms with Gasteiger partial charge in [-0.1, -0.05) is 28.1 Å². The lowest BCUT2D eigenvalue weighted by molar-refractivity contribution is -0.137. The van der Waals surface area contributed by atoms with Crippen LogP contribution < -0.4 is 0 Å². The van der Waals surface area contributed by atoms with Crippen LogP contribution in [0.5, 0.6) is 0 Å². The normalized spacial score (nSPS) is 11.4. The number of carbonyl (C=O) groups excluding carboxylic acids is 3. The highest BCUT2D eigenvalue weighted by Crippen LogP contribution is 2.44. The fourth-order valence-corrected chi connectivity index (χ4v) is 6.31. The van der Waals surface area contributed by atoms with Crippen molar-refractivity contribution in [1.82, 2.24) is 4.40 Å². The topological polar surface area (TPSA) is 74.1 Å². The third-order valence-corrected chi connectivity index (χ3v) is 8.02. The third kappa shape index (κ3) is 5.22. The number of ketones is 1. The van der Waals surface area contributed by atoms with Crippen LogP contribution in [0.1, 0.15) is 39.4 Å². The Morgan fingerprint density at radius 3 is 2.51 bits per heavy atom. The van der Waals surface area contributed by atoms with Gasteiger partial charge in [-0.15, -0.1) is 23.1 Å². The van der Waals surface area contributed by atoms with Crippen molar-refractivity contribution in [2.75, 3.05) is 19.0 Å². The number of benzene rings is 1. The van der Waals surface area contributed by atoms with Gasteiger partial charge in [0.15, 0.2) is 0 Å². The standard InChI is InChI=1S/C26H22BrNO5S2/c1-3-32-19(29)9-7-15-34-26-22-21(24(35-26)23(30)16-10-12-17(27)13-11-16)20(25(31)33-4-2)18-8-5-6-14-28(18)22/h5-14H,3-4,15H2,1-2H3/b9-7+. The summed E-state index contributed by atoms with van der Waals surface area (Å²) in [6.07, 6.45) is 5.00. The Hall–Kier alpha value is -2.88. The number of aromatic nitrogens is 1. The van der Waals surface area contributed by atoms with Gasteiger partial charge in [-0.25, -0.2) is 9.59 Å². The van der Waals surface area contributed by atoms with E-state index in [9.17, 15) is 14.4 Å². The van der Waals surface area contributed by atoms with Crippen molar-refractivity contribution in [2.24, 2.45) is 0 Å². The molecule has 6 nitrogen and oxygen atoms in total. The predicted molar refractivity (Wildman–Crippen MR) is 143 cm³/mol. The number of nitrogens with zero attached hydrogens (tertiary/aromatic N) is 1. The molecule has 0 aliphatic heterocycles. The van der Waals surface area contributed by atoms with Crippen molar-refractivity contribution in [3.8, 4) is 0 Å². The molecule has 0 radical (unpaired) electrons. The molecule has 0 N–H and O–H groups in total. The average molecular weight is 573 g/mol. The van der Waals surface area contributed by atoms with Crippen molar-refractivity contribution in [1.29, 1.82) is 0 Å². The molecule has 0 saturated heterocycles. The SMILES string of the molecule is CCOC(=O)/C=C/CSc1sc(C(=O)c2ccc(Br)cc2)c2c(C(=O)OCC)c3ccccn3c12. The number of hydrogen-bond donors (Lipinski definition) is 0. The zero-order valence-corrected chi connectivity index (χ0v) is 22.3. The highest BCUT2D eigenvalue weighted by atomic mass is 79.9. The first-order chi connectivity index (χ1) is 17.0. The minimum Gasteiger partial charge on any atom is -0.463 e. The Morgan fingerprint density at radius 1 is 1.06 bits per heavy atom. The van der Waals surface area contributed by atoms with Crippen molar-refractivity contribution >= 4 is 73.2 Å². The minimum atomic E-state index is -0.465. The van der Waals surface area contributed by atoms with Crippen LogP contribution in [0.3, 0.4) is 0 Å². The van der Waals surface area contributed by atoms with Gasteiger partial charge in [0.2, 0.25) is 5.78 Å². The molecular formula is C26H22BrNO5S2. The molecule has 0 bridgehead atoms. The Morgan fingerprint density at radius 2 is 1.80 bits per heavy atom. The van der Waals surface area contributed by atoms with Crippen molar-refractivity contribution < 1.29 is 23.9 Å². The van der Waals surface area contributed by atoms with Crippen LogP contribution in [0.25, 0.3) is 16.4 Å². The van der Waals surface area contributed by atoms with E-state index < -0.39 is 11.9 Å². The molecule has 1 aromatic carbocycles. The number of esters is 2. The molecule has 9 heteroatoms. The van der Waals surface area contributed by atoms with Crippen molar-refractivity contribution in [3.63, 3.8) is 0 Å². The zero-order chi connectivity index (χ0) is 24.9. The summed E-state index contributed by atoms with van der Waals surface area (Å²) in [6.45, 7) is 4.05. The van der Waals surface area contributed by atoms with Gasteiger partial charge in [0.05, 0.1) is 38.9 Å². The summed E-state index contributed by atoms with van der Waals surface area (Å²) in [5.74, 6) is -0.529. The van der Waals surface area contributed by atoms with E-state index in [0.29, 0.717) is 39.3 Å². The molecule has 0 fully saturated rings. The molecule has 0 amide bonds. The molecule has 0 aliphatic carbocycles. The molecule has 3 heterocycles. The average Bonchev–Trinajstić information content (AvgIpc) is 3.38. The van der Waals surface area contributed by atoms with Gasteiger partial charge >= 0.3 is 11.9 Å². The highest BCUT2D eigenvalue weighted by Gasteiger charge is 2.29. The quantitative estimate of drug-likeness (QED) is 0.0982. The van der Waals surface area contributed by atoms with E-state index >= 15 is 0 Å². The van der Waals surface area contributed by atoms with Crippen LogP contribution in [0, 0.1) is 0 Å². The Labute approximate surface area is 219 Å². The number of thioether (sulfide) groups is 1. The maximum atomic E-state index is 13.6. The van der Waals surface area contributed by atoms with Crippen LogP contribution in [-0.2, 0) is 14.3 Å². The predicted octanol–water partition coefficient (Wildman–Crippen LogP) is 6.54. The number of thiophene rings is 1. The Balaban J connectivity index is 1.87. The maximum Gasteiger partial charge on any atom is 0.341 e. The lowest BCUT2D eigenvalue weighted by atomic mass is 10.1. The number of carbonyl (C=O) groups is 3. The van der Waals surface area contributed by atoms with Crippen LogP contribution >= 0.6 is 39.0 Å². The molecule has 0 spiro atoms. The smallest absolute Gasteiger partial charge is 0.341 e. The van der Waals surface area contributed by atoms with Gasteiger partial charge < -0.3 is 13.9 Å². The Bertz CT molecular complexity index is 1440. The van der Waals surface area contributed by atoms with E-state index in [1.165, 1.54) is 29.2 Å². The summed E-state index contributed by atoms with van der Waals surface area (Å²) in [5.41, 5.74) is 2.37. The molecule has 0 unspecified atom stereocenters. The molecular weight excluding hydrogens is 550 g/mol. The first-order valence-electron chi connectivity index (χ1n) is 10.9. The molecule has 0 saturated carbocycles. The van der Waals surface area contributed by atoms with E-state index in [4.69, 9.17) is 9.47 Å². The Kier molecular flexibility index (Phi) is 8.10. The highest BCUT2D eigenvalue weighted by molar-refractivity contribution is 9.10. The molecule has 35 heavy (non-hydrogen) atoms. The summed E-state index contributed by atoms with van der Waals surface area (Å²) >= 11 is 6.24. The van der Waals surface area contributed by atoms with Gasteiger partial charge in [0.25, 0.3) is 0 Å². The molecule has 4 rings (SSSR count). The number of halogens is 1. The second kappa shape index (κ2) is 11.2. The molecule has 180 valence electrons. The zero-order valence-electron chi connectivity index (χ0n) is 19.1. The van der Waals surface area contributed by atoms with Crippen LogP contribution in [-0.4, -0.2) is 41.1 Å². The van der Waals surface area contributed by atoms with Gasteiger partial charge in [-0.2, -0.15) is 0 Å². The van der Waals surface area contributed by atoms with E-state index in [2.05, 4.69) is 15.9 Å². The summed E-state index contributed by atoms with van der Waals surface area (Å²) in [4.78, 5) is 38.8. The second-order valence-corrected chi connectivity index (χ2v) is 10.5. The van der Waals surface area contributed by atoms with E-state index in [1.807, 2.05) is 40.9 Å². The van der Waals surface area contributed by atoms with Crippen molar-refractivity contribution in [3.05, 3.63) is 81.3 Å². The lowest BCUT2D eigenvalue weighted by Gasteiger charge is -2.04. The summed E-state index contributed by atoms with van der Waals surface area (Å²) in [6, 6.07) is 12.7. The fraction of sp³-hybridized carbons (Fsp3) is 0.192. The van der Waals surface area contributed by atoms with E-state index in [-0.39, 0.29) is 12.4 Å². The molecule has 3 aromatic heterocycles. The van der Waals surface area contributed by atoms with Gasteiger partial charge in [0, 0.05) is 33.4 Å². The largest absolute Gasteiger partial charge is 0.463 e. The maximum absolute atomic E-state index is 13.6. The van der Waals surface area contributed by atoms with Crippen LogP contribution in [0.4, 0.5) is 0 Å². The first kappa shape index (κ1) is 25.2. The molecule has 0 atom stereocenters. The minimum absolute atomic E-state index is 0.164. The van der Waals surface area contributed by atoms with Gasteiger partial charge in [0.1, 0.15) is 0 Å². The lowest BCUT2D eigenvalue weighted by Crippen LogP contribution is -2.06. The summed E-state index contributed by atoms with van der Waals surface area (Å²) in [7, 11) is 0. The third-order valence-electron chi connectivity index (χ3n) is 5.10. The van der Waals surface area contributed by atoms with Gasteiger partial charge in [-0.3, -0.25) is 4.79 Å². The van der Waals surface area contributed by atoms with E-state index in [0.717, 1.165) is 14.2 Å².